The molecule has 7 heteroatoms. The molecular formula is C20H23FN2O2S2. The number of fused-ring (bicyclic) bond motifs is 1. The van der Waals surface area contributed by atoms with Crippen LogP contribution in [0, 0.1) is 5.82 Å². The monoisotopic (exact) mass is 406 g/mol. The van der Waals surface area contributed by atoms with Gasteiger partial charge in [-0.05, 0) is 61.2 Å². The smallest absolute Gasteiger partial charge is 0.341 e. The molecule has 27 heavy (non-hydrogen) atoms. The van der Waals surface area contributed by atoms with E-state index in [2.05, 4.69) is 10.6 Å². The summed E-state index contributed by atoms with van der Waals surface area (Å²) in [5, 5.41) is 7.45. The number of hydrogen-bond donors (Lipinski definition) is 2. The minimum atomic E-state index is -0.322. The number of halogens is 1. The summed E-state index contributed by atoms with van der Waals surface area (Å²) in [6.45, 7) is 0.477. The normalized spacial score (nSPS) is 13.9. The molecule has 0 aliphatic heterocycles. The molecule has 2 aromatic rings. The number of anilines is 1. The van der Waals surface area contributed by atoms with Crippen molar-refractivity contribution in [1.82, 2.24) is 5.32 Å². The predicted molar refractivity (Wildman–Crippen MR) is 111 cm³/mol. The minimum Gasteiger partial charge on any atom is -0.465 e. The first-order valence-electron chi connectivity index (χ1n) is 9.10. The van der Waals surface area contributed by atoms with Crippen LogP contribution in [-0.2, 0) is 24.1 Å². The summed E-state index contributed by atoms with van der Waals surface area (Å²) in [7, 11) is 1.41. The molecule has 1 aliphatic rings. The molecule has 0 amide bonds. The Morgan fingerprint density at radius 2 is 1.89 bits per heavy atom. The van der Waals surface area contributed by atoms with Gasteiger partial charge in [0.2, 0.25) is 0 Å². The van der Waals surface area contributed by atoms with Crippen molar-refractivity contribution in [2.75, 3.05) is 12.4 Å². The summed E-state index contributed by atoms with van der Waals surface area (Å²) in [4.78, 5) is 13.7. The lowest BCUT2D eigenvalue weighted by Gasteiger charge is -2.12. The maximum atomic E-state index is 13.0. The van der Waals surface area contributed by atoms with Crippen molar-refractivity contribution < 1.29 is 13.9 Å². The van der Waals surface area contributed by atoms with E-state index >= 15 is 0 Å². The molecule has 0 radical (unpaired) electrons. The first-order chi connectivity index (χ1) is 13.1. The van der Waals surface area contributed by atoms with E-state index in [-0.39, 0.29) is 11.8 Å². The topological polar surface area (TPSA) is 50.4 Å². The Bertz CT molecular complexity index is 818. The molecule has 1 aliphatic carbocycles. The van der Waals surface area contributed by atoms with Crippen molar-refractivity contribution in [3.05, 3.63) is 51.7 Å². The number of ether oxygens (including phenoxy) is 1. The van der Waals surface area contributed by atoms with Gasteiger partial charge >= 0.3 is 5.97 Å². The number of rotatable bonds is 4. The molecule has 4 nitrogen and oxygen atoms in total. The number of thiophene rings is 1. The molecule has 144 valence electrons. The summed E-state index contributed by atoms with van der Waals surface area (Å²) < 4.78 is 18.0. The highest BCUT2D eigenvalue weighted by atomic mass is 32.1. The van der Waals surface area contributed by atoms with E-state index in [1.165, 1.54) is 37.0 Å². The zero-order chi connectivity index (χ0) is 19.2. The van der Waals surface area contributed by atoms with Crippen LogP contribution in [-0.4, -0.2) is 18.2 Å². The first kappa shape index (κ1) is 19.8. The molecule has 2 N–H and O–H groups in total. The Hall–Kier alpha value is -1.99. The molecule has 1 heterocycles. The summed E-state index contributed by atoms with van der Waals surface area (Å²) >= 11 is 6.99. The van der Waals surface area contributed by atoms with E-state index in [4.69, 9.17) is 17.0 Å². The van der Waals surface area contributed by atoms with E-state index in [1.54, 1.807) is 23.5 Å². The fraction of sp³-hybridized carbons (Fsp3) is 0.400. The van der Waals surface area contributed by atoms with Gasteiger partial charge in [-0.15, -0.1) is 11.3 Å². The van der Waals surface area contributed by atoms with Crippen LogP contribution in [0.15, 0.2) is 24.3 Å². The quantitative estimate of drug-likeness (QED) is 0.563. The molecule has 0 bridgehead atoms. The second kappa shape index (κ2) is 9.28. The summed E-state index contributed by atoms with van der Waals surface area (Å²) in [5.74, 6) is -0.588. The Morgan fingerprint density at radius 1 is 1.19 bits per heavy atom. The molecule has 1 aromatic heterocycles. The van der Waals surface area contributed by atoms with Gasteiger partial charge in [0, 0.05) is 11.4 Å². The van der Waals surface area contributed by atoms with Gasteiger partial charge in [-0.3, -0.25) is 0 Å². The van der Waals surface area contributed by atoms with Gasteiger partial charge in [-0.2, -0.15) is 0 Å². The highest BCUT2D eigenvalue weighted by Gasteiger charge is 2.25. The van der Waals surface area contributed by atoms with Crippen LogP contribution >= 0.6 is 23.6 Å². The third kappa shape index (κ3) is 5.05. The molecule has 1 aromatic carbocycles. The zero-order valence-electron chi connectivity index (χ0n) is 15.3. The number of aryl methyl sites for hydroxylation is 1. The number of benzene rings is 1. The zero-order valence-corrected chi connectivity index (χ0v) is 16.9. The van der Waals surface area contributed by atoms with Crippen LogP contribution in [0.4, 0.5) is 9.39 Å². The van der Waals surface area contributed by atoms with Crippen molar-refractivity contribution in [2.45, 2.75) is 45.1 Å². The van der Waals surface area contributed by atoms with E-state index in [9.17, 15) is 9.18 Å². The molecule has 0 saturated carbocycles. The van der Waals surface area contributed by atoms with Crippen LogP contribution in [0.25, 0.3) is 0 Å². The van der Waals surface area contributed by atoms with Gasteiger partial charge in [0.25, 0.3) is 0 Å². The third-order valence-corrected chi connectivity index (χ3v) is 6.11. The molecule has 0 unspecified atom stereocenters. The lowest BCUT2D eigenvalue weighted by Crippen LogP contribution is -2.28. The number of methoxy groups -OCH3 is 1. The maximum Gasteiger partial charge on any atom is 0.341 e. The first-order valence-corrected chi connectivity index (χ1v) is 10.3. The van der Waals surface area contributed by atoms with Crippen molar-refractivity contribution in [1.29, 1.82) is 0 Å². The Balaban J connectivity index is 1.74. The predicted octanol–water partition coefficient (Wildman–Crippen LogP) is 4.82. The average Bonchev–Trinajstić information content (AvgIpc) is 2.96. The highest BCUT2D eigenvalue weighted by Crippen LogP contribution is 2.37. The molecule has 0 spiro atoms. The average molecular weight is 407 g/mol. The fourth-order valence-electron chi connectivity index (χ4n) is 3.26. The lowest BCUT2D eigenvalue weighted by molar-refractivity contribution is 0.0601. The van der Waals surface area contributed by atoms with E-state index in [1.807, 2.05) is 0 Å². The van der Waals surface area contributed by atoms with E-state index in [0.717, 1.165) is 41.8 Å². The van der Waals surface area contributed by atoms with Crippen LogP contribution in [0.1, 0.15) is 52.0 Å². The Labute approximate surface area is 168 Å². The Kier molecular flexibility index (Phi) is 6.79. The van der Waals surface area contributed by atoms with Crippen molar-refractivity contribution in [3.63, 3.8) is 0 Å². The minimum absolute atomic E-state index is 0.266. The molecule has 0 fully saturated rings. The summed E-state index contributed by atoms with van der Waals surface area (Å²) in [5.41, 5.74) is 2.65. The number of nitrogens with one attached hydrogen (secondary N) is 2. The second-order valence-electron chi connectivity index (χ2n) is 6.55. The molecule has 0 atom stereocenters. The van der Waals surface area contributed by atoms with E-state index in [0.29, 0.717) is 17.2 Å². The molecule has 0 saturated heterocycles. The van der Waals surface area contributed by atoms with Gasteiger partial charge in [0.15, 0.2) is 5.11 Å². The van der Waals surface area contributed by atoms with Gasteiger partial charge in [0.1, 0.15) is 10.8 Å². The van der Waals surface area contributed by atoms with Gasteiger partial charge < -0.3 is 15.4 Å². The SMILES string of the molecule is COC(=O)c1c(NC(=S)NCc2ccc(F)cc2)sc2c1CCCCCC2. The largest absolute Gasteiger partial charge is 0.465 e. The molecular weight excluding hydrogens is 383 g/mol. The second-order valence-corrected chi connectivity index (χ2v) is 8.06. The highest BCUT2D eigenvalue weighted by molar-refractivity contribution is 7.80. The summed E-state index contributed by atoms with van der Waals surface area (Å²) in [6, 6.07) is 6.26. The maximum absolute atomic E-state index is 13.0. The van der Waals surface area contributed by atoms with Crippen molar-refractivity contribution >= 4 is 39.6 Å². The van der Waals surface area contributed by atoms with Crippen LogP contribution in [0.5, 0.6) is 0 Å². The lowest BCUT2D eigenvalue weighted by atomic mass is 9.96. The fourth-order valence-corrected chi connectivity index (χ4v) is 4.78. The van der Waals surface area contributed by atoms with Crippen molar-refractivity contribution in [2.24, 2.45) is 0 Å². The Morgan fingerprint density at radius 3 is 2.59 bits per heavy atom. The van der Waals surface area contributed by atoms with Gasteiger partial charge in [0.05, 0.1) is 12.7 Å². The number of esters is 1. The van der Waals surface area contributed by atoms with Crippen molar-refractivity contribution in [3.8, 4) is 0 Å². The van der Waals surface area contributed by atoms with Gasteiger partial charge in [-0.25, -0.2) is 9.18 Å². The number of thiocarbonyl (C=S) groups is 1. The van der Waals surface area contributed by atoms with Crippen LogP contribution in [0.3, 0.4) is 0 Å². The number of carbonyl (C=O) groups excluding carboxylic acids is 1. The van der Waals surface area contributed by atoms with Crippen LogP contribution in [0.2, 0.25) is 0 Å². The van der Waals surface area contributed by atoms with Gasteiger partial charge in [-0.1, -0.05) is 25.0 Å². The third-order valence-electron chi connectivity index (χ3n) is 4.65. The number of carbonyl (C=O) groups is 1. The molecule has 3 rings (SSSR count). The van der Waals surface area contributed by atoms with E-state index < -0.39 is 0 Å². The van der Waals surface area contributed by atoms with Crippen LogP contribution < -0.4 is 10.6 Å². The summed E-state index contributed by atoms with van der Waals surface area (Å²) in [6.07, 6.45) is 6.53. The number of hydrogen-bond acceptors (Lipinski definition) is 4. The standard InChI is InChI=1S/C20H23FN2O2S2/c1-25-19(24)17-15-6-4-2-3-5-7-16(15)27-18(17)23-20(26)22-12-13-8-10-14(21)11-9-13/h8-11H,2-7,12H2,1H3,(H2,22,23,26).